The molecule has 0 N–H and O–H groups in total. The van der Waals surface area contributed by atoms with Crippen LogP contribution in [-0.4, -0.2) is 43.9 Å². The zero-order chi connectivity index (χ0) is 14.7. The van der Waals surface area contributed by atoms with E-state index < -0.39 is 0 Å². The maximum Gasteiger partial charge on any atom is 0.257 e. The van der Waals surface area contributed by atoms with Crippen molar-refractivity contribution in [3.8, 4) is 11.5 Å². The van der Waals surface area contributed by atoms with E-state index in [1.165, 1.54) is 7.11 Å². The van der Waals surface area contributed by atoms with Crippen molar-refractivity contribution in [1.29, 1.82) is 0 Å². The maximum atomic E-state index is 12.5. The largest absolute Gasteiger partial charge is 0.497 e. The summed E-state index contributed by atoms with van der Waals surface area (Å²) in [6.07, 6.45) is 0.422. The summed E-state index contributed by atoms with van der Waals surface area (Å²) in [5.41, 5.74) is 0.495. The number of amides is 1. The molecule has 5 heteroatoms. The number of hydrogen-bond donors (Lipinski definition) is 0. The lowest BCUT2D eigenvalue weighted by Crippen LogP contribution is -2.43. The van der Waals surface area contributed by atoms with Crippen molar-refractivity contribution in [3.63, 3.8) is 0 Å². The van der Waals surface area contributed by atoms with Gasteiger partial charge in [0, 0.05) is 31.5 Å². The molecule has 20 heavy (non-hydrogen) atoms. The van der Waals surface area contributed by atoms with Crippen LogP contribution in [0, 0.1) is 5.92 Å². The number of rotatable bonds is 3. The SMILES string of the molecule is COc1ccc(C(=O)N2CCC(=O)C(C)C2)c(OC)c1. The van der Waals surface area contributed by atoms with Gasteiger partial charge in [0.15, 0.2) is 0 Å². The number of ether oxygens (including phenoxy) is 2. The highest BCUT2D eigenvalue weighted by atomic mass is 16.5. The second-order valence-corrected chi connectivity index (χ2v) is 4.93. The summed E-state index contributed by atoms with van der Waals surface area (Å²) in [5, 5.41) is 0. The van der Waals surface area contributed by atoms with Gasteiger partial charge in [0.2, 0.25) is 0 Å². The molecule has 1 aromatic carbocycles. The molecule has 1 saturated heterocycles. The van der Waals surface area contributed by atoms with Crippen LogP contribution in [0.1, 0.15) is 23.7 Å². The molecule has 0 bridgehead atoms. The van der Waals surface area contributed by atoms with Crippen molar-refractivity contribution in [3.05, 3.63) is 23.8 Å². The van der Waals surface area contributed by atoms with Crippen LogP contribution in [0.4, 0.5) is 0 Å². The van der Waals surface area contributed by atoms with E-state index in [4.69, 9.17) is 9.47 Å². The third-order valence-electron chi connectivity index (χ3n) is 3.60. The fourth-order valence-corrected chi connectivity index (χ4v) is 2.35. The number of carbonyl (C=O) groups is 2. The van der Waals surface area contributed by atoms with Gasteiger partial charge < -0.3 is 14.4 Å². The highest BCUT2D eigenvalue weighted by Gasteiger charge is 2.28. The van der Waals surface area contributed by atoms with Gasteiger partial charge in [-0.25, -0.2) is 0 Å². The third kappa shape index (κ3) is 2.76. The minimum atomic E-state index is -0.108. The summed E-state index contributed by atoms with van der Waals surface area (Å²) < 4.78 is 10.4. The van der Waals surface area contributed by atoms with E-state index >= 15 is 0 Å². The molecule has 1 amide bonds. The number of piperidine rings is 1. The average molecular weight is 277 g/mol. The molecule has 2 rings (SSSR count). The van der Waals surface area contributed by atoms with Crippen molar-refractivity contribution in [1.82, 2.24) is 4.90 Å². The Labute approximate surface area is 118 Å². The van der Waals surface area contributed by atoms with E-state index in [0.717, 1.165) is 0 Å². The van der Waals surface area contributed by atoms with Crippen molar-refractivity contribution in [2.45, 2.75) is 13.3 Å². The summed E-state index contributed by atoms with van der Waals surface area (Å²) in [7, 11) is 3.09. The lowest BCUT2D eigenvalue weighted by atomic mass is 9.98. The van der Waals surface area contributed by atoms with Crippen LogP contribution in [-0.2, 0) is 4.79 Å². The molecule has 5 nitrogen and oxygen atoms in total. The first-order valence-electron chi connectivity index (χ1n) is 6.60. The molecule has 1 aliphatic heterocycles. The standard InChI is InChI=1S/C15H19NO4/c1-10-9-16(7-6-13(10)17)15(18)12-5-4-11(19-2)8-14(12)20-3/h4-5,8,10H,6-7,9H2,1-3H3. The predicted octanol–water partition coefficient (Wildman–Crippen LogP) is 1.75. The van der Waals surface area contributed by atoms with Gasteiger partial charge >= 0.3 is 0 Å². The van der Waals surface area contributed by atoms with Gasteiger partial charge in [-0.15, -0.1) is 0 Å². The maximum absolute atomic E-state index is 12.5. The fourth-order valence-electron chi connectivity index (χ4n) is 2.35. The number of hydrogen-bond acceptors (Lipinski definition) is 4. The highest BCUT2D eigenvalue weighted by Crippen LogP contribution is 2.27. The lowest BCUT2D eigenvalue weighted by Gasteiger charge is -2.30. The molecule has 1 heterocycles. The molecular weight excluding hydrogens is 258 g/mol. The second kappa shape index (κ2) is 5.94. The van der Waals surface area contributed by atoms with Gasteiger partial charge in [0.05, 0.1) is 19.8 Å². The normalized spacial score (nSPS) is 18.9. The Morgan fingerprint density at radius 1 is 1.30 bits per heavy atom. The van der Waals surface area contributed by atoms with Crippen LogP contribution in [0.2, 0.25) is 0 Å². The first kappa shape index (κ1) is 14.4. The number of likely N-dealkylation sites (tertiary alicyclic amines) is 1. The van der Waals surface area contributed by atoms with E-state index in [-0.39, 0.29) is 17.6 Å². The Bertz CT molecular complexity index is 527. The Morgan fingerprint density at radius 2 is 2.05 bits per heavy atom. The average Bonchev–Trinajstić information content (AvgIpc) is 2.48. The van der Waals surface area contributed by atoms with E-state index in [0.29, 0.717) is 36.6 Å². The van der Waals surface area contributed by atoms with Crippen molar-refractivity contribution in [2.75, 3.05) is 27.3 Å². The molecule has 1 atom stereocenters. The fraction of sp³-hybridized carbons (Fsp3) is 0.467. The number of methoxy groups -OCH3 is 2. The zero-order valence-electron chi connectivity index (χ0n) is 12.0. The molecule has 1 unspecified atom stereocenters. The van der Waals surface area contributed by atoms with Gasteiger partial charge in [0.25, 0.3) is 5.91 Å². The van der Waals surface area contributed by atoms with Gasteiger partial charge in [-0.3, -0.25) is 9.59 Å². The number of ketones is 1. The van der Waals surface area contributed by atoms with E-state index in [9.17, 15) is 9.59 Å². The molecule has 0 aromatic heterocycles. The smallest absolute Gasteiger partial charge is 0.257 e. The number of carbonyl (C=O) groups excluding carboxylic acids is 2. The van der Waals surface area contributed by atoms with Crippen LogP contribution < -0.4 is 9.47 Å². The van der Waals surface area contributed by atoms with Crippen LogP contribution in [0.25, 0.3) is 0 Å². The Balaban J connectivity index is 2.22. The summed E-state index contributed by atoms with van der Waals surface area (Å²) in [6, 6.07) is 5.11. The van der Waals surface area contributed by atoms with Gasteiger partial charge in [0.1, 0.15) is 17.3 Å². The van der Waals surface area contributed by atoms with Crippen molar-refractivity contribution < 1.29 is 19.1 Å². The lowest BCUT2D eigenvalue weighted by molar-refractivity contribution is -0.124. The molecule has 1 aromatic rings. The van der Waals surface area contributed by atoms with Gasteiger partial charge in [-0.05, 0) is 12.1 Å². The number of nitrogens with zero attached hydrogens (tertiary/aromatic N) is 1. The predicted molar refractivity (Wildman–Crippen MR) is 74.2 cm³/mol. The quantitative estimate of drug-likeness (QED) is 0.844. The second-order valence-electron chi connectivity index (χ2n) is 4.93. The van der Waals surface area contributed by atoms with Gasteiger partial charge in [-0.2, -0.15) is 0 Å². The molecule has 1 aliphatic rings. The summed E-state index contributed by atoms with van der Waals surface area (Å²) in [6.45, 7) is 2.79. The molecule has 0 radical (unpaired) electrons. The summed E-state index contributed by atoms with van der Waals surface area (Å²) >= 11 is 0. The Kier molecular flexibility index (Phi) is 4.27. The van der Waals surface area contributed by atoms with E-state index in [1.54, 1.807) is 30.2 Å². The first-order valence-corrected chi connectivity index (χ1v) is 6.60. The molecule has 108 valence electrons. The summed E-state index contributed by atoms with van der Waals surface area (Å²) in [5.74, 6) is 1.14. The van der Waals surface area contributed by atoms with Crippen molar-refractivity contribution >= 4 is 11.7 Å². The highest BCUT2D eigenvalue weighted by molar-refractivity contribution is 5.98. The molecule has 1 fully saturated rings. The minimum Gasteiger partial charge on any atom is -0.497 e. The van der Waals surface area contributed by atoms with E-state index in [1.807, 2.05) is 6.92 Å². The Hall–Kier alpha value is -2.04. The van der Waals surface area contributed by atoms with Crippen LogP contribution >= 0.6 is 0 Å². The number of benzene rings is 1. The van der Waals surface area contributed by atoms with Crippen LogP contribution in [0.3, 0.4) is 0 Å². The first-order chi connectivity index (χ1) is 9.56. The van der Waals surface area contributed by atoms with Crippen molar-refractivity contribution in [2.24, 2.45) is 5.92 Å². The third-order valence-corrected chi connectivity index (χ3v) is 3.60. The number of Topliss-reactive ketones (excluding diaryl/α,β-unsaturated/α-hetero) is 1. The molecule has 0 spiro atoms. The zero-order valence-corrected chi connectivity index (χ0v) is 12.0. The molecule has 0 aliphatic carbocycles. The van der Waals surface area contributed by atoms with Crippen LogP contribution in [0.5, 0.6) is 11.5 Å². The Morgan fingerprint density at radius 3 is 2.65 bits per heavy atom. The molecular formula is C15H19NO4. The van der Waals surface area contributed by atoms with Gasteiger partial charge in [-0.1, -0.05) is 6.92 Å². The topological polar surface area (TPSA) is 55.8 Å². The van der Waals surface area contributed by atoms with E-state index in [2.05, 4.69) is 0 Å². The monoisotopic (exact) mass is 277 g/mol. The van der Waals surface area contributed by atoms with Crippen LogP contribution in [0.15, 0.2) is 18.2 Å². The minimum absolute atomic E-state index is 0.100. The molecule has 0 saturated carbocycles. The summed E-state index contributed by atoms with van der Waals surface area (Å²) in [4.78, 5) is 25.8.